The minimum Gasteiger partial charge on any atom is -0.301 e. The molecule has 3 aromatic rings. The summed E-state index contributed by atoms with van der Waals surface area (Å²) in [5.41, 5.74) is 0.787. The number of sulfonamides is 1. The van der Waals surface area contributed by atoms with Crippen molar-refractivity contribution in [3.63, 3.8) is 0 Å². The Morgan fingerprint density at radius 3 is 2.36 bits per heavy atom. The zero-order chi connectivity index (χ0) is 20.1. The van der Waals surface area contributed by atoms with Crippen LogP contribution in [0.3, 0.4) is 0 Å². The molecular formula is C18H15Cl2N3O3S2. The number of hydrogen-bond donors (Lipinski definition) is 2. The minimum absolute atomic E-state index is 0.0289. The van der Waals surface area contributed by atoms with Gasteiger partial charge < -0.3 is 5.32 Å². The molecule has 1 aromatic heterocycles. The van der Waals surface area contributed by atoms with Gasteiger partial charge in [0.15, 0.2) is 5.13 Å². The predicted octanol–water partition coefficient (Wildman–Crippen LogP) is 3.98. The normalized spacial score (nSPS) is 12.5. The van der Waals surface area contributed by atoms with Crippen molar-refractivity contribution in [2.24, 2.45) is 0 Å². The molecule has 0 bridgehead atoms. The molecule has 0 radical (unpaired) electrons. The molecule has 3 rings (SSSR count). The van der Waals surface area contributed by atoms with Crippen molar-refractivity contribution in [3.8, 4) is 0 Å². The van der Waals surface area contributed by atoms with E-state index >= 15 is 0 Å². The Bertz CT molecular complexity index is 1040. The van der Waals surface area contributed by atoms with E-state index in [9.17, 15) is 13.2 Å². The smallest absolute Gasteiger partial charge is 0.244 e. The molecule has 0 saturated carbocycles. The Morgan fingerprint density at radius 2 is 1.75 bits per heavy atom. The average Bonchev–Trinajstić information content (AvgIpc) is 3.14. The fourth-order valence-electron chi connectivity index (χ4n) is 2.50. The molecule has 0 aliphatic carbocycles. The first-order valence-electron chi connectivity index (χ1n) is 8.07. The van der Waals surface area contributed by atoms with E-state index in [0.717, 1.165) is 5.56 Å². The summed E-state index contributed by atoms with van der Waals surface area (Å²) < 4.78 is 28.2. The van der Waals surface area contributed by atoms with Crippen LogP contribution >= 0.6 is 34.5 Å². The van der Waals surface area contributed by atoms with E-state index in [2.05, 4.69) is 15.0 Å². The molecule has 2 aromatic carbocycles. The van der Waals surface area contributed by atoms with Gasteiger partial charge in [-0.1, -0.05) is 59.6 Å². The molecule has 1 atom stereocenters. The molecule has 0 unspecified atom stereocenters. The topological polar surface area (TPSA) is 88.2 Å². The third-order valence-electron chi connectivity index (χ3n) is 3.75. The van der Waals surface area contributed by atoms with E-state index in [1.807, 2.05) is 18.2 Å². The Labute approximate surface area is 176 Å². The molecule has 10 heteroatoms. The van der Waals surface area contributed by atoms with Crippen LogP contribution in [0.4, 0.5) is 5.13 Å². The van der Waals surface area contributed by atoms with Gasteiger partial charge in [-0.3, -0.25) is 4.79 Å². The Morgan fingerprint density at radius 1 is 1.07 bits per heavy atom. The van der Waals surface area contributed by atoms with Crippen LogP contribution in [0.5, 0.6) is 0 Å². The molecule has 2 N–H and O–H groups in total. The minimum atomic E-state index is -4.16. The highest BCUT2D eigenvalue weighted by molar-refractivity contribution is 7.89. The number of rotatable bonds is 7. The van der Waals surface area contributed by atoms with E-state index in [0.29, 0.717) is 5.13 Å². The van der Waals surface area contributed by atoms with E-state index in [1.54, 1.807) is 29.8 Å². The third kappa shape index (κ3) is 5.09. The molecule has 146 valence electrons. The van der Waals surface area contributed by atoms with Gasteiger partial charge in [-0.05, 0) is 24.1 Å². The van der Waals surface area contributed by atoms with Gasteiger partial charge in [0.1, 0.15) is 10.9 Å². The van der Waals surface area contributed by atoms with E-state index in [1.165, 1.54) is 23.5 Å². The maximum atomic E-state index is 12.9. The molecule has 0 fully saturated rings. The van der Waals surface area contributed by atoms with Crippen LogP contribution in [-0.2, 0) is 21.2 Å². The summed E-state index contributed by atoms with van der Waals surface area (Å²) in [7, 11) is -4.16. The lowest BCUT2D eigenvalue weighted by atomic mass is 10.1. The van der Waals surface area contributed by atoms with Crippen molar-refractivity contribution in [2.45, 2.75) is 17.4 Å². The van der Waals surface area contributed by atoms with Gasteiger partial charge >= 0.3 is 0 Å². The fraction of sp³-hybridized carbons (Fsp3) is 0.111. The maximum absolute atomic E-state index is 12.9. The first-order chi connectivity index (χ1) is 13.4. The molecule has 1 amide bonds. The van der Waals surface area contributed by atoms with Crippen molar-refractivity contribution in [1.82, 2.24) is 9.71 Å². The van der Waals surface area contributed by atoms with Crippen LogP contribution in [-0.4, -0.2) is 25.4 Å². The number of nitrogens with zero attached hydrogens (tertiary/aromatic N) is 1. The summed E-state index contributed by atoms with van der Waals surface area (Å²) >= 11 is 13.3. The first kappa shape index (κ1) is 20.8. The first-order valence-corrected chi connectivity index (χ1v) is 11.2. The van der Waals surface area contributed by atoms with Crippen LogP contribution in [0.25, 0.3) is 0 Å². The number of carbonyl (C=O) groups is 1. The zero-order valence-electron chi connectivity index (χ0n) is 14.3. The van der Waals surface area contributed by atoms with Crippen LogP contribution in [0.2, 0.25) is 10.0 Å². The molecule has 0 aliphatic heterocycles. The van der Waals surface area contributed by atoms with Crippen molar-refractivity contribution in [1.29, 1.82) is 0 Å². The number of anilines is 1. The molecule has 0 saturated heterocycles. The summed E-state index contributed by atoms with van der Waals surface area (Å²) in [6, 6.07) is 12.4. The second-order valence-electron chi connectivity index (χ2n) is 5.74. The molecule has 0 aliphatic rings. The number of carbonyl (C=O) groups excluding carboxylic acids is 1. The SMILES string of the molecule is O=C(Nc1nccs1)[C@@H](Cc1ccccc1)NS(=O)(=O)c1c(Cl)cccc1Cl. The highest BCUT2D eigenvalue weighted by Gasteiger charge is 2.29. The highest BCUT2D eigenvalue weighted by Crippen LogP contribution is 2.29. The largest absolute Gasteiger partial charge is 0.301 e. The summed E-state index contributed by atoms with van der Waals surface area (Å²) in [6.07, 6.45) is 1.68. The standard InChI is InChI=1S/C18H15Cl2N3O3S2/c19-13-7-4-8-14(20)16(13)28(25,26)23-15(11-12-5-2-1-3-6-12)17(24)22-18-21-9-10-27-18/h1-10,15,23H,11H2,(H,21,22,24)/t15-/m1/s1. The Kier molecular flexibility index (Phi) is 6.69. The molecule has 1 heterocycles. The lowest BCUT2D eigenvalue weighted by Gasteiger charge is -2.19. The number of nitrogens with one attached hydrogen (secondary N) is 2. The number of benzene rings is 2. The molecular weight excluding hydrogens is 441 g/mol. The van der Waals surface area contributed by atoms with E-state index in [-0.39, 0.29) is 21.4 Å². The van der Waals surface area contributed by atoms with Gasteiger partial charge in [-0.15, -0.1) is 11.3 Å². The number of thiazole rings is 1. The van der Waals surface area contributed by atoms with Crippen LogP contribution in [0.15, 0.2) is 65.0 Å². The molecule has 6 nitrogen and oxygen atoms in total. The fourth-order valence-corrected chi connectivity index (χ4v) is 5.37. The van der Waals surface area contributed by atoms with E-state index < -0.39 is 22.0 Å². The highest BCUT2D eigenvalue weighted by atomic mass is 35.5. The van der Waals surface area contributed by atoms with Crippen molar-refractivity contribution in [2.75, 3.05) is 5.32 Å². The lowest BCUT2D eigenvalue weighted by Crippen LogP contribution is -2.45. The second-order valence-corrected chi connectivity index (χ2v) is 9.10. The monoisotopic (exact) mass is 455 g/mol. The van der Waals surface area contributed by atoms with Crippen molar-refractivity contribution >= 4 is 55.6 Å². The van der Waals surface area contributed by atoms with Gasteiger partial charge in [0.25, 0.3) is 0 Å². The predicted molar refractivity (Wildman–Crippen MR) is 111 cm³/mol. The number of halogens is 2. The van der Waals surface area contributed by atoms with Gasteiger partial charge in [0, 0.05) is 11.6 Å². The van der Waals surface area contributed by atoms with Crippen molar-refractivity contribution < 1.29 is 13.2 Å². The summed E-state index contributed by atoms with van der Waals surface area (Å²) in [5.74, 6) is -0.537. The quantitative estimate of drug-likeness (QED) is 0.563. The van der Waals surface area contributed by atoms with Crippen molar-refractivity contribution in [3.05, 3.63) is 75.7 Å². The van der Waals surface area contributed by atoms with Crippen LogP contribution in [0, 0.1) is 0 Å². The summed E-state index contributed by atoms with van der Waals surface area (Å²) in [5, 5.41) is 4.64. The van der Waals surface area contributed by atoms with Crippen LogP contribution < -0.4 is 10.0 Å². The molecule has 28 heavy (non-hydrogen) atoms. The summed E-state index contributed by atoms with van der Waals surface area (Å²) in [4.78, 5) is 16.5. The Balaban J connectivity index is 1.90. The Hall–Kier alpha value is -1.97. The number of aromatic nitrogens is 1. The zero-order valence-corrected chi connectivity index (χ0v) is 17.4. The second kappa shape index (κ2) is 9.02. The lowest BCUT2D eigenvalue weighted by molar-refractivity contribution is -0.117. The summed E-state index contributed by atoms with van der Waals surface area (Å²) in [6.45, 7) is 0. The number of amides is 1. The van der Waals surface area contributed by atoms with Gasteiger partial charge in [0.05, 0.1) is 10.0 Å². The number of hydrogen-bond acceptors (Lipinski definition) is 5. The third-order valence-corrected chi connectivity index (χ3v) is 6.86. The molecule has 0 spiro atoms. The average molecular weight is 456 g/mol. The van der Waals surface area contributed by atoms with E-state index in [4.69, 9.17) is 23.2 Å². The van der Waals surface area contributed by atoms with Gasteiger partial charge in [-0.25, -0.2) is 13.4 Å². The van der Waals surface area contributed by atoms with Gasteiger partial charge in [-0.2, -0.15) is 4.72 Å². The van der Waals surface area contributed by atoms with Crippen LogP contribution in [0.1, 0.15) is 5.56 Å². The maximum Gasteiger partial charge on any atom is 0.244 e. The van der Waals surface area contributed by atoms with Gasteiger partial charge in [0.2, 0.25) is 15.9 Å².